The second kappa shape index (κ2) is 4.38. The Morgan fingerprint density at radius 2 is 2.50 bits per heavy atom. The fourth-order valence-electron chi connectivity index (χ4n) is 2.07. The van der Waals surface area contributed by atoms with Crippen LogP contribution in [0.2, 0.25) is 0 Å². The van der Waals surface area contributed by atoms with Gasteiger partial charge in [-0.05, 0) is 26.3 Å². The highest BCUT2D eigenvalue weighted by atomic mass is 32.1. The fraction of sp³-hybridized carbons (Fsp3) is 0.700. The Kier molecular flexibility index (Phi) is 3.15. The largest absolute Gasteiger partial charge is 0.389 e. The zero-order valence-electron chi connectivity index (χ0n) is 8.42. The number of aliphatic hydroxyl groups is 1. The number of aliphatic hydroxyl groups excluding tert-OH is 1. The number of hydrogen-bond donors (Lipinski definition) is 2. The quantitative estimate of drug-likeness (QED) is 0.793. The van der Waals surface area contributed by atoms with Crippen molar-refractivity contribution in [3.05, 3.63) is 15.6 Å². The molecule has 0 amide bonds. The number of nitrogens with one attached hydrogen (secondary N) is 1. The minimum Gasteiger partial charge on any atom is -0.389 e. The lowest BCUT2D eigenvalue weighted by Gasteiger charge is -2.20. The third-order valence-electron chi connectivity index (χ3n) is 2.70. The molecule has 1 atom stereocenters. The van der Waals surface area contributed by atoms with E-state index in [1.807, 2.05) is 7.05 Å². The van der Waals surface area contributed by atoms with Gasteiger partial charge in [0.05, 0.1) is 12.3 Å². The third kappa shape index (κ3) is 1.82. The molecule has 0 saturated heterocycles. The normalized spacial score (nSPS) is 20.9. The number of hydrogen-bond acceptors (Lipinski definition) is 4. The molecule has 2 N–H and O–H groups in total. The molecule has 78 valence electrons. The molecule has 0 saturated carbocycles. The molecule has 14 heavy (non-hydrogen) atoms. The van der Waals surface area contributed by atoms with Crippen LogP contribution in [0.5, 0.6) is 0 Å². The molecule has 1 aromatic heterocycles. The molecule has 2 rings (SSSR count). The summed E-state index contributed by atoms with van der Waals surface area (Å²) in [6, 6.07) is 0. The molecular formula is C10H16N2OS. The Morgan fingerprint density at radius 1 is 1.64 bits per heavy atom. The van der Waals surface area contributed by atoms with Gasteiger partial charge < -0.3 is 10.4 Å². The van der Waals surface area contributed by atoms with E-state index in [9.17, 15) is 0 Å². The van der Waals surface area contributed by atoms with Crippen molar-refractivity contribution in [2.24, 2.45) is 0 Å². The van der Waals surface area contributed by atoms with Crippen molar-refractivity contribution in [3.8, 4) is 0 Å². The summed E-state index contributed by atoms with van der Waals surface area (Å²) < 4.78 is 0. The van der Waals surface area contributed by atoms with Crippen molar-refractivity contribution >= 4 is 11.3 Å². The standard InChI is InChI=1S/C10H16N2OS/c1-11-5-7-3-2-4-8-10(7)12-9(6-13)14-8/h7,11,13H,2-6H2,1H3. The van der Waals surface area contributed by atoms with Crippen LogP contribution in [-0.2, 0) is 13.0 Å². The Balaban J connectivity index is 2.24. The highest BCUT2D eigenvalue weighted by molar-refractivity contribution is 7.11. The van der Waals surface area contributed by atoms with Gasteiger partial charge in [-0.25, -0.2) is 4.98 Å². The zero-order chi connectivity index (χ0) is 9.97. The number of thiazole rings is 1. The molecule has 1 aliphatic carbocycles. The van der Waals surface area contributed by atoms with Gasteiger partial charge in [0.1, 0.15) is 5.01 Å². The SMILES string of the molecule is CNCC1CCCc2sc(CO)nc21. The van der Waals surface area contributed by atoms with Crippen molar-refractivity contribution < 1.29 is 5.11 Å². The second-order valence-electron chi connectivity index (χ2n) is 3.72. The van der Waals surface area contributed by atoms with Gasteiger partial charge in [-0.15, -0.1) is 11.3 Å². The highest BCUT2D eigenvalue weighted by Gasteiger charge is 2.23. The number of aromatic nitrogens is 1. The molecule has 1 unspecified atom stereocenters. The van der Waals surface area contributed by atoms with Crippen molar-refractivity contribution in [1.29, 1.82) is 0 Å². The van der Waals surface area contributed by atoms with Crippen LogP contribution < -0.4 is 5.32 Å². The molecule has 0 radical (unpaired) electrons. The van der Waals surface area contributed by atoms with E-state index in [4.69, 9.17) is 5.11 Å². The number of nitrogens with zero attached hydrogens (tertiary/aromatic N) is 1. The van der Waals surface area contributed by atoms with Gasteiger partial charge in [0.15, 0.2) is 0 Å². The average Bonchev–Trinajstić information content (AvgIpc) is 2.62. The Labute approximate surface area is 88.2 Å². The molecule has 1 heterocycles. The lowest BCUT2D eigenvalue weighted by atomic mass is 9.91. The van der Waals surface area contributed by atoms with Crippen molar-refractivity contribution in [3.63, 3.8) is 0 Å². The van der Waals surface area contributed by atoms with Gasteiger partial charge in [-0.3, -0.25) is 0 Å². The van der Waals surface area contributed by atoms with Crippen molar-refractivity contribution in [2.75, 3.05) is 13.6 Å². The first kappa shape index (κ1) is 10.1. The van der Waals surface area contributed by atoms with Crippen LogP contribution in [0.25, 0.3) is 0 Å². The van der Waals surface area contributed by atoms with E-state index in [2.05, 4.69) is 10.3 Å². The molecule has 0 aromatic carbocycles. The molecule has 0 bridgehead atoms. The fourth-order valence-corrected chi connectivity index (χ4v) is 3.13. The van der Waals surface area contributed by atoms with Crippen LogP contribution >= 0.6 is 11.3 Å². The van der Waals surface area contributed by atoms with Gasteiger partial charge in [0.25, 0.3) is 0 Å². The maximum atomic E-state index is 9.04. The summed E-state index contributed by atoms with van der Waals surface area (Å²) in [4.78, 5) is 5.89. The molecular weight excluding hydrogens is 196 g/mol. The van der Waals surface area contributed by atoms with Crippen LogP contribution in [0, 0.1) is 0 Å². The van der Waals surface area contributed by atoms with Crippen LogP contribution in [0.15, 0.2) is 0 Å². The van der Waals surface area contributed by atoms with E-state index in [0.717, 1.165) is 18.0 Å². The lowest BCUT2D eigenvalue weighted by Crippen LogP contribution is -2.21. The Bertz CT molecular complexity index is 311. The molecule has 0 aliphatic heterocycles. The van der Waals surface area contributed by atoms with Crippen LogP contribution in [0.1, 0.15) is 34.3 Å². The number of likely N-dealkylation sites (N-methyl/N-ethyl adjacent to an activating group) is 1. The summed E-state index contributed by atoms with van der Waals surface area (Å²) in [6.07, 6.45) is 3.63. The van der Waals surface area contributed by atoms with E-state index in [1.165, 1.54) is 23.4 Å². The molecule has 1 aromatic rings. The topological polar surface area (TPSA) is 45.1 Å². The summed E-state index contributed by atoms with van der Waals surface area (Å²) in [5.74, 6) is 0.556. The van der Waals surface area contributed by atoms with E-state index in [1.54, 1.807) is 11.3 Å². The first-order valence-electron chi connectivity index (χ1n) is 5.09. The van der Waals surface area contributed by atoms with Crippen molar-refractivity contribution in [1.82, 2.24) is 10.3 Å². The van der Waals surface area contributed by atoms with Gasteiger partial charge in [-0.1, -0.05) is 0 Å². The van der Waals surface area contributed by atoms with Crippen LogP contribution in [0.3, 0.4) is 0 Å². The summed E-state index contributed by atoms with van der Waals surface area (Å²) in [6.45, 7) is 1.09. The van der Waals surface area contributed by atoms with Gasteiger partial charge >= 0.3 is 0 Å². The second-order valence-corrected chi connectivity index (χ2v) is 4.89. The Morgan fingerprint density at radius 3 is 3.21 bits per heavy atom. The number of rotatable bonds is 3. The molecule has 0 fully saturated rings. The maximum absolute atomic E-state index is 9.04. The number of aryl methyl sites for hydroxylation is 1. The van der Waals surface area contributed by atoms with E-state index in [-0.39, 0.29) is 6.61 Å². The molecule has 3 nitrogen and oxygen atoms in total. The zero-order valence-corrected chi connectivity index (χ0v) is 9.23. The monoisotopic (exact) mass is 212 g/mol. The van der Waals surface area contributed by atoms with Gasteiger partial charge in [0, 0.05) is 17.3 Å². The van der Waals surface area contributed by atoms with E-state index < -0.39 is 0 Å². The summed E-state index contributed by atoms with van der Waals surface area (Å²) >= 11 is 1.68. The lowest BCUT2D eigenvalue weighted by molar-refractivity contribution is 0.280. The highest BCUT2D eigenvalue weighted by Crippen LogP contribution is 2.34. The summed E-state index contributed by atoms with van der Waals surface area (Å²) in [7, 11) is 1.98. The molecule has 0 spiro atoms. The van der Waals surface area contributed by atoms with E-state index >= 15 is 0 Å². The first-order valence-corrected chi connectivity index (χ1v) is 5.90. The summed E-state index contributed by atoms with van der Waals surface area (Å²) in [5.41, 5.74) is 1.24. The van der Waals surface area contributed by atoms with Crippen LogP contribution in [0.4, 0.5) is 0 Å². The predicted molar refractivity (Wildman–Crippen MR) is 57.6 cm³/mol. The van der Waals surface area contributed by atoms with Crippen LogP contribution in [-0.4, -0.2) is 23.7 Å². The van der Waals surface area contributed by atoms with Gasteiger partial charge in [0.2, 0.25) is 0 Å². The first-order chi connectivity index (χ1) is 6.85. The summed E-state index contributed by atoms with van der Waals surface area (Å²) in [5, 5.41) is 13.1. The smallest absolute Gasteiger partial charge is 0.119 e. The Hall–Kier alpha value is -0.450. The minimum absolute atomic E-state index is 0.0872. The number of fused-ring (bicyclic) bond motifs is 1. The predicted octanol–water partition coefficient (Wildman–Crippen LogP) is 1.27. The van der Waals surface area contributed by atoms with Crippen molar-refractivity contribution in [2.45, 2.75) is 31.8 Å². The molecule has 1 aliphatic rings. The maximum Gasteiger partial charge on any atom is 0.119 e. The minimum atomic E-state index is 0.0872. The third-order valence-corrected chi connectivity index (χ3v) is 3.82. The van der Waals surface area contributed by atoms with Gasteiger partial charge in [-0.2, -0.15) is 0 Å². The average molecular weight is 212 g/mol. The molecule has 4 heteroatoms. The van der Waals surface area contributed by atoms with E-state index in [0.29, 0.717) is 5.92 Å².